The van der Waals surface area contributed by atoms with Crippen LogP contribution >= 0.6 is 0 Å². The van der Waals surface area contributed by atoms with Gasteiger partial charge >= 0.3 is 18.0 Å². The zero-order valence-corrected chi connectivity index (χ0v) is 23.9. The minimum atomic E-state index is -1.16. The Bertz CT molecular complexity index is 1720. The maximum Gasteiger partial charge on any atom is 0.419 e. The number of carboxylic acids is 1. The first-order valence-electron chi connectivity index (χ1n) is 13.7. The van der Waals surface area contributed by atoms with Crippen LogP contribution in [0.15, 0.2) is 47.9 Å². The van der Waals surface area contributed by atoms with Crippen molar-refractivity contribution in [1.82, 2.24) is 24.8 Å². The van der Waals surface area contributed by atoms with Crippen LogP contribution in [0.3, 0.4) is 0 Å². The molecule has 1 saturated carbocycles. The van der Waals surface area contributed by atoms with Gasteiger partial charge in [-0.1, -0.05) is 12.1 Å². The minimum Gasteiger partial charge on any atom is -0.481 e. The summed E-state index contributed by atoms with van der Waals surface area (Å²) in [5.74, 6) is -2.09. The van der Waals surface area contributed by atoms with E-state index in [-0.39, 0.29) is 23.9 Å². The van der Waals surface area contributed by atoms with Gasteiger partial charge in [-0.3, -0.25) is 24.2 Å². The highest BCUT2D eigenvalue weighted by Crippen LogP contribution is 2.32. The quantitative estimate of drug-likeness (QED) is 0.228. The van der Waals surface area contributed by atoms with Crippen molar-refractivity contribution in [2.24, 2.45) is 4.99 Å². The van der Waals surface area contributed by atoms with Crippen LogP contribution in [0.4, 0.5) is 16.3 Å². The first-order valence-corrected chi connectivity index (χ1v) is 13.7. The Kier molecular flexibility index (Phi) is 8.64. The number of nitrogens with one attached hydrogen (secondary N) is 2. The second-order valence-electron chi connectivity index (χ2n) is 10.2. The van der Waals surface area contributed by atoms with Crippen molar-refractivity contribution in [3.05, 3.63) is 65.1 Å². The van der Waals surface area contributed by atoms with Crippen LogP contribution in [0.2, 0.25) is 0 Å². The normalized spacial score (nSPS) is 13.7. The number of hydrogen-bond donors (Lipinski definition) is 3. The molecule has 5 rings (SSSR count). The Morgan fingerprint density at radius 1 is 1.11 bits per heavy atom. The number of esters is 1. The number of rotatable bonds is 10. The van der Waals surface area contributed by atoms with E-state index in [2.05, 4.69) is 25.7 Å². The number of anilines is 2. The maximum atomic E-state index is 13.6. The summed E-state index contributed by atoms with van der Waals surface area (Å²) in [4.78, 5) is 71.1. The van der Waals surface area contributed by atoms with Gasteiger partial charge in [-0.2, -0.15) is 5.10 Å². The first kappa shape index (κ1) is 29.9. The lowest BCUT2D eigenvalue weighted by Gasteiger charge is -2.19. The summed E-state index contributed by atoms with van der Waals surface area (Å²) in [5.41, 5.74) is 3.01. The number of carbonyl (C=O) groups excluding carboxylic acids is 4. The molecule has 0 radical (unpaired) electrons. The van der Waals surface area contributed by atoms with E-state index < -0.39 is 37.2 Å². The number of fused-ring (bicyclic) bond motifs is 1. The van der Waals surface area contributed by atoms with Gasteiger partial charge in [0.15, 0.2) is 5.82 Å². The zero-order valence-electron chi connectivity index (χ0n) is 23.9. The summed E-state index contributed by atoms with van der Waals surface area (Å²) in [6, 6.07) is 4.80. The molecule has 1 aliphatic heterocycles. The van der Waals surface area contributed by atoms with Crippen molar-refractivity contribution in [3.8, 4) is 0 Å². The summed E-state index contributed by atoms with van der Waals surface area (Å²) in [5, 5.41) is 18.9. The number of nitrogens with zero attached hydrogens (tertiary/aromatic N) is 5. The Hall–Kier alpha value is -5.60. The Labute approximate surface area is 250 Å². The van der Waals surface area contributed by atoms with Gasteiger partial charge in [-0.15, -0.1) is 0 Å². The number of hydrogen-bond acceptors (Lipinski definition) is 11. The minimum absolute atomic E-state index is 0.186. The number of benzene rings is 1. The molecule has 15 nitrogen and oxygen atoms in total. The number of amides is 3. The molecule has 0 atom stereocenters. The van der Waals surface area contributed by atoms with Gasteiger partial charge in [0.2, 0.25) is 6.79 Å². The third-order valence-electron chi connectivity index (χ3n) is 6.97. The number of aliphatic imine (C=N–C) groups is 1. The Morgan fingerprint density at radius 3 is 2.61 bits per heavy atom. The molecule has 1 aliphatic carbocycles. The molecule has 3 N–H and O–H groups in total. The fourth-order valence-electron chi connectivity index (χ4n) is 4.49. The van der Waals surface area contributed by atoms with Crippen molar-refractivity contribution in [3.63, 3.8) is 0 Å². The van der Waals surface area contributed by atoms with Gasteiger partial charge in [0.05, 0.1) is 24.9 Å². The highest BCUT2D eigenvalue weighted by Gasteiger charge is 2.40. The topological polar surface area (TPSA) is 194 Å². The zero-order chi connectivity index (χ0) is 31.4. The standard InChI is InChI=1S/C29H29N7O8/c1-16-5-6-18(27(40)34-22-4-3-11-30-22)12-21(16)33-26-25-17(2)20(13-35(25)32-14-31-26)28(41)36(19-7-8-19)29(42)44-15-43-24(39)10-9-23(37)38/h3-6,12-14,19H,7-11,15H2,1-2H3,(H,37,38)(H,30,34,40)(H,31,32,33). The van der Waals surface area contributed by atoms with Crippen LogP contribution in [0.25, 0.3) is 5.52 Å². The molecule has 1 aromatic carbocycles. The van der Waals surface area contributed by atoms with Crippen LogP contribution in [0, 0.1) is 13.8 Å². The molecule has 2 aromatic heterocycles. The van der Waals surface area contributed by atoms with Gasteiger partial charge in [-0.05, 0) is 56.0 Å². The van der Waals surface area contributed by atoms with Crippen LogP contribution in [-0.4, -0.2) is 79.7 Å². The molecule has 3 amide bonds. The molecule has 0 bridgehead atoms. The predicted octanol–water partition coefficient (Wildman–Crippen LogP) is 2.89. The van der Waals surface area contributed by atoms with Crippen molar-refractivity contribution in [1.29, 1.82) is 0 Å². The molecule has 15 heteroatoms. The second kappa shape index (κ2) is 12.7. The highest BCUT2D eigenvalue weighted by atomic mass is 16.7. The van der Waals surface area contributed by atoms with E-state index >= 15 is 0 Å². The van der Waals surface area contributed by atoms with E-state index in [0.29, 0.717) is 53.4 Å². The molecule has 3 heterocycles. The molecule has 0 spiro atoms. The third kappa shape index (κ3) is 6.72. The summed E-state index contributed by atoms with van der Waals surface area (Å²) in [7, 11) is 0. The van der Waals surface area contributed by atoms with E-state index in [0.717, 1.165) is 10.5 Å². The summed E-state index contributed by atoms with van der Waals surface area (Å²) >= 11 is 0. The lowest BCUT2D eigenvalue weighted by Crippen LogP contribution is -2.39. The lowest BCUT2D eigenvalue weighted by molar-refractivity contribution is -0.154. The number of carbonyl (C=O) groups is 5. The molecule has 0 saturated heterocycles. The molecule has 0 unspecified atom stereocenters. The van der Waals surface area contributed by atoms with E-state index in [1.807, 2.05) is 13.0 Å². The van der Waals surface area contributed by atoms with Gasteiger partial charge in [0.25, 0.3) is 11.8 Å². The number of imide groups is 1. The largest absolute Gasteiger partial charge is 0.481 e. The second-order valence-corrected chi connectivity index (χ2v) is 10.2. The highest BCUT2D eigenvalue weighted by molar-refractivity contribution is 6.11. The molecule has 44 heavy (non-hydrogen) atoms. The van der Waals surface area contributed by atoms with Gasteiger partial charge in [0, 0.05) is 23.5 Å². The smallest absolute Gasteiger partial charge is 0.419 e. The first-order chi connectivity index (χ1) is 21.1. The molecular weight excluding hydrogens is 574 g/mol. The average molecular weight is 604 g/mol. The van der Waals surface area contributed by atoms with Crippen LogP contribution in [-0.2, 0) is 19.1 Å². The van der Waals surface area contributed by atoms with Crippen LogP contribution < -0.4 is 10.6 Å². The van der Waals surface area contributed by atoms with Crippen LogP contribution in [0.5, 0.6) is 0 Å². The van der Waals surface area contributed by atoms with Crippen molar-refractivity contribution in [2.45, 2.75) is 45.6 Å². The van der Waals surface area contributed by atoms with E-state index in [1.165, 1.54) is 17.0 Å². The number of carboxylic acid groups (broad SMARTS) is 1. The van der Waals surface area contributed by atoms with Crippen LogP contribution in [0.1, 0.15) is 57.5 Å². The molecule has 3 aromatic rings. The molecule has 1 fully saturated rings. The van der Waals surface area contributed by atoms with Gasteiger partial charge in [0.1, 0.15) is 17.7 Å². The van der Waals surface area contributed by atoms with Gasteiger partial charge in [-0.25, -0.2) is 19.2 Å². The summed E-state index contributed by atoms with van der Waals surface area (Å²) in [6.07, 6.45) is 5.76. The van der Waals surface area contributed by atoms with E-state index in [9.17, 15) is 24.0 Å². The fourth-order valence-corrected chi connectivity index (χ4v) is 4.49. The average Bonchev–Trinajstić information content (AvgIpc) is 3.56. The van der Waals surface area contributed by atoms with E-state index in [1.54, 1.807) is 31.2 Å². The SMILES string of the molecule is Cc1ccc(C(=O)NC2=NCC=C2)cc1Nc1ncnn2cc(C(=O)N(C(=O)OCOC(=O)CCC(=O)O)C3CC3)c(C)c12. The Morgan fingerprint density at radius 2 is 1.91 bits per heavy atom. The number of amidine groups is 1. The molecule has 228 valence electrons. The third-order valence-corrected chi connectivity index (χ3v) is 6.97. The Balaban J connectivity index is 1.34. The maximum absolute atomic E-state index is 13.6. The summed E-state index contributed by atoms with van der Waals surface area (Å²) < 4.78 is 11.2. The van der Waals surface area contributed by atoms with Crippen molar-refractivity contribution >= 4 is 52.7 Å². The number of ether oxygens (including phenoxy) is 2. The number of aromatic nitrogens is 3. The van der Waals surface area contributed by atoms with Crippen molar-refractivity contribution < 1.29 is 38.6 Å². The lowest BCUT2D eigenvalue weighted by atomic mass is 10.1. The molecule has 2 aliphatic rings. The predicted molar refractivity (Wildman–Crippen MR) is 155 cm³/mol. The number of aliphatic carboxylic acids is 1. The number of aryl methyl sites for hydroxylation is 2. The van der Waals surface area contributed by atoms with Gasteiger partial charge < -0.3 is 25.2 Å². The monoisotopic (exact) mass is 603 g/mol. The molecular formula is C29H29N7O8. The van der Waals surface area contributed by atoms with Crippen molar-refractivity contribution in [2.75, 3.05) is 18.7 Å². The summed E-state index contributed by atoms with van der Waals surface area (Å²) in [6.45, 7) is 3.33. The van der Waals surface area contributed by atoms with E-state index in [4.69, 9.17) is 14.6 Å². The fraction of sp³-hybridized carbons (Fsp3) is 0.310.